The third-order valence-electron chi connectivity index (χ3n) is 10.2. The molecule has 7 aromatic rings. The fourth-order valence-electron chi connectivity index (χ4n) is 7.89. The molecule has 0 saturated heterocycles. The van der Waals surface area contributed by atoms with Gasteiger partial charge in [-0.15, -0.1) is 11.3 Å². The molecule has 0 amide bonds. The second-order valence-electron chi connectivity index (χ2n) is 13.0. The first-order chi connectivity index (χ1) is 25.1. The summed E-state index contributed by atoms with van der Waals surface area (Å²) in [5.41, 5.74) is 6.47. The van der Waals surface area contributed by atoms with Crippen molar-refractivity contribution in [3.8, 4) is 39.2 Å². The van der Waals surface area contributed by atoms with Crippen LogP contribution in [0.5, 0.6) is 28.7 Å². The first-order valence-corrected chi connectivity index (χ1v) is 17.9. The molecule has 3 heterocycles. The Morgan fingerprint density at radius 3 is 2.08 bits per heavy atom. The van der Waals surface area contributed by atoms with Crippen molar-refractivity contribution in [3.63, 3.8) is 0 Å². The number of rotatable bonds is 6. The van der Waals surface area contributed by atoms with Crippen LogP contribution in [0.2, 0.25) is 0 Å². The Labute approximate surface area is 304 Å². The highest BCUT2D eigenvalue weighted by Gasteiger charge is 2.38. The van der Waals surface area contributed by atoms with Crippen molar-refractivity contribution in [1.29, 1.82) is 0 Å². The fourth-order valence-corrected chi connectivity index (χ4v) is 9.45. The summed E-state index contributed by atoms with van der Waals surface area (Å²) in [5.74, 6) is -4.61. The fraction of sp³-hybridized carbons (Fsp3) is 0.140. The minimum absolute atomic E-state index is 0.124. The van der Waals surface area contributed by atoms with Gasteiger partial charge in [0.2, 0.25) is 17.2 Å². The molecule has 0 saturated carbocycles. The van der Waals surface area contributed by atoms with E-state index in [1.807, 2.05) is 55.3 Å². The first-order valence-electron chi connectivity index (χ1n) is 17.1. The van der Waals surface area contributed by atoms with Gasteiger partial charge in [-0.3, -0.25) is 0 Å². The van der Waals surface area contributed by atoms with Crippen molar-refractivity contribution in [2.45, 2.75) is 33.4 Å². The number of aliphatic imine (C=N–C) groups is 1. The first kappa shape index (κ1) is 33.0. The minimum Gasteiger partial charge on any atom is -0.504 e. The smallest absolute Gasteiger partial charge is 0.208 e. The van der Waals surface area contributed by atoms with Crippen LogP contribution in [-0.2, 0) is 6.42 Å². The third-order valence-corrected chi connectivity index (χ3v) is 11.5. The average molecular weight is 708 g/mol. The molecule has 5 aromatic carbocycles. The van der Waals surface area contributed by atoms with Crippen LogP contribution in [0.4, 0.5) is 0 Å². The minimum atomic E-state index is -1.03. The van der Waals surface area contributed by atoms with Crippen LogP contribution < -0.4 is 0 Å². The van der Waals surface area contributed by atoms with Crippen molar-refractivity contribution in [1.82, 2.24) is 9.47 Å². The number of likely N-dealkylation sites (N-methyl/N-ethyl adjacent to an activating group) is 1. The standard InChI is InChI=1S/C43H37N3O5S/c1-6-15-30-28(8-3)44-34(33-36(47)38(49)40(51)39(50)37(33)48)43(45(30)5)46-29-21-14-13-20-27(29)32-35(46)26-19-12-11-18-25(26)31-23(7-2)41(52-42(31)32)24-17-10-9-16-22(24)4/h6,8-21,43,47-51H,3,7H2,1-2,4-5H3/b15-6-. The summed E-state index contributed by atoms with van der Waals surface area (Å²) < 4.78 is 3.31. The number of phenols is 5. The zero-order chi connectivity index (χ0) is 36.6. The van der Waals surface area contributed by atoms with E-state index >= 15 is 0 Å². The molecule has 0 spiro atoms. The van der Waals surface area contributed by atoms with E-state index in [2.05, 4.69) is 73.5 Å². The van der Waals surface area contributed by atoms with E-state index in [1.54, 1.807) is 17.4 Å². The number of hydrogen-bond acceptors (Lipinski definition) is 8. The van der Waals surface area contributed by atoms with Crippen LogP contribution >= 0.6 is 11.3 Å². The number of benzene rings is 5. The van der Waals surface area contributed by atoms with Crippen molar-refractivity contribution >= 4 is 59.7 Å². The Morgan fingerprint density at radius 2 is 1.42 bits per heavy atom. The maximum absolute atomic E-state index is 11.4. The van der Waals surface area contributed by atoms with Crippen molar-refractivity contribution in [2.75, 3.05) is 7.05 Å². The highest BCUT2D eigenvalue weighted by molar-refractivity contribution is 7.23. The SMILES string of the molecule is C=CC1=C(/C=C\C)N(C)C(n2c3ccccc3c3c4sc(-c5ccccc5C)c(CC)c4c4ccccc4c32)C(c2c(O)c(O)c(O)c(O)c2O)=N1. The molecule has 1 unspecified atom stereocenters. The van der Waals surface area contributed by atoms with Crippen LogP contribution in [0.3, 0.4) is 0 Å². The molecule has 1 atom stereocenters. The van der Waals surface area contributed by atoms with Gasteiger partial charge in [0.05, 0.1) is 33.7 Å². The normalized spacial score (nSPS) is 15.2. The summed E-state index contributed by atoms with van der Waals surface area (Å²) >= 11 is 1.79. The van der Waals surface area contributed by atoms with Crippen LogP contribution in [0, 0.1) is 6.92 Å². The van der Waals surface area contributed by atoms with Gasteiger partial charge < -0.3 is 35.0 Å². The molecule has 0 fully saturated rings. The average Bonchev–Trinajstić information content (AvgIpc) is 3.71. The number of allylic oxidation sites excluding steroid dienone is 3. The van der Waals surface area contributed by atoms with Gasteiger partial charge in [-0.1, -0.05) is 86.3 Å². The summed E-state index contributed by atoms with van der Waals surface area (Å²) in [6, 6.07) is 25.0. The molecule has 9 heteroatoms. The molecule has 0 bridgehead atoms. The maximum Gasteiger partial charge on any atom is 0.208 e. The molecule has 2 aromatic heterocycles. The van der Waals surface area contributed by atoms with Gasteiger partial charge in [0.15, 0.2) is 17.7 Å². The number of phenolic OH excluding ortho intramolecular Hbond substituents is 5. The van der Waals surface area contributed by atoms with Crippen LogP contribution in [0.15, 0.2) is 114 Å². The molecule has 260 valence electrons. The highest BCUT2D eigenvalue weighted by Crippen LogP contribution is 2.55. The molecule has 0 radical (unpaired) electrons. The second kappa shape index (κ2) is 12.2. The topological polar surface area (TPSA) is 122 Å². The molecule has 8 rings (SSSR count). The van der Waals surface area contributed by atoms with Crippen molar-refractivity contribution in [3.05, 3.63) is 126 Å². The van der Waals surface area contributed by atoms with E-state index in [9.17, 15) is 25.5 Å². The summed E-state index contributed by atoms with van der Waals surface area (Å²) in [6.07, 6.45) is 5.39. The number of nitrogens with zero attached hydrogens (tertiary/aromatic N) is 3. The Bertz CT molecular complexity index is 2720. The van der Waals surface area contributed by atoms with E-state index in [1.165, 1.54) is 27.0 Å². The third kappa shape index (κ3) is 4.48. The Hall–Kier alpha value is -6.19. The maximum atomic E-state index is 11.4. The lowest BCUT2D eigenvalue weighted by Crippen LogP contribution is -2.38. The van der Waals surface area contributed by atoms with Crippen LogP contribution in [0.1, 0.15) is 36.7 Å². The summed E-state index contributed by atoms with van der Waals surface area (Å²) in [4.78, 5) is 8.19. The second-order valence-corrected chi connectivity index (χ2v) is 14.0. The number of hydrogen-bond donors (Lipinski definition) is 5. The molecule has 1 aliphatic heterocycles. The number of thiophene rings is 1. The van der Waals surface area contributed by atoms with E-state index in [-0.39, 0.29) is 11.3 Å². The van der Waals surface area contributed by atoms with Crippen molar-refractivity contribution < 1.29 is 25.5 Å². The van der Waals surface area contributed by atoms with Gasteiger partial charge in [0.25, 0.3) is 0 Å². The molecular weight excluding hydrogens is 671 g/mol. The molecule has 0 aliphatic carbocycles. The molecule has 8 nitrogen and oxygen atoms in total. The lowest BCUT2D eigenvalue weighted by Gasteiger charge is -2.38. The Morgan fingerprint density at radius 1 is 0.808 bits per heavy atom. The number of fused-ring (bicyclic) bond motifs is 8. The number of aromatic hydroxyl groups is 5. The Balaban J connectivity index is 1.59. The van der Waals surface area contributed by atoms with Crippen LogP contribution in [-0.4, -0.2) is 47.8 Å². The highest BCUT2D eigenvalue weighted by atomic mass is 32.1. The van der Waals surface area contributed by atoms with E-state index in [0.717, 1.165) is 49.4 Å². The van der Waals surface area contributed by atoms with Gasteiger partial charge in [0, 0.05) is 38.2 Å². The predicted molar refractivity (Wildman–Crippen MR) is 212 cm³/mol. The zero-order valence-corrected chi connectivity index (χ0v) is 30.0. The number of aromatic nitrogens is 1. The van der Waals surface area contributed by atoms with Gasteiger partial charge in [0.1, 0.15) is 0 Å². The molecule has 52 heavy (non-hydrogen) atoms. The van der Waals surface area contributed by atoms with E-state index < -0.39 is 34.9 Å². The lowest BCUT2D eigenvalue weighted by atomic mass is 9.95. The summed E-state index contributed by atoms with van der Waals surface area (Å²) in [5, 5.41) is 59.9. The van der Waals surface area contributed by atoms with Gasteiger partial charge >= 0.3 is 0 Å². The molecule has 5 N–H and O–H groups in total. The van der Waals surface area contributed by atoms with Gasteiger partial charge in [-0.2, -0.15) is 0 Å². The molecular formula is C43H37N3O5S. The lowest BCUT2D eigenvalue weighted by molar-refractivity contribution is 0.306. The largest absolute Gasteiger partial charge is 0.504 e. The molecule has 1 aliphatic rings. The van der Waals surface area contributed by atoms with Gasteiger partial charge in [-0.25, -0.2) is 4.99 Å². The summed E-state index contributed by atoms with van der Waals surface area (Å²) in [7, 11) is 1.89. The Kier molecular flexibility index (Phi) is 7.77. The van der Waals surface area contributed by atoms with Crippen molar-refractivity contribution in [2.24, 2.45) is 4.99 Å². The van der Waals surface area contributed by atoms with E-state index in [4.69, 9.17) is 4.99 Å². The number of aryl methyl sites for hydroxylation is 2. The summed E-state index contributed by atoms with van der Waals surface area (Å²) in [6.45, 7) is 10.3. The predicted octanol–water partition coefficient (Wildman–Crippen LogP) is 10.1. The van der Waals surface area contributed by atoms with Crippen LogP contribution in [0.25, 0.3) is 53.1 Å². The number of para-hydroxylation sites is 1. The van der Waals surface area contributed by atoms with Gasteiger partial charge in [-0.05, 0) is 60.6 Å². The quantitative estimate of drug-likeness (QED) is 0.0867. The van der Waals surface area contributed by atoms with E-state index in [0.29, 0.717) is 5.70 Å². The zero-order valence-electron chi connectivity index (χ0n) is 29.1. The monoisotopic (exact) mass is 707 g/mol.